The third kappa shape index (κ3) is 5.56. The third-order valence-electron chi connectivity index (χ3n) is 2.09. The van der Waals surface area contributed by atoms with Crippen molar-refractivity contribution in [3.05, 3.63) is 27.9 Å². The molecule has 0 saturated heterocycles. The van der Waals surface area contributed by atoms with Gasteiger partial charge in [-0.05, 0) is 6.26 Å². The van der Waals surface area contributed by atoms with E-state index < -0.39 is 5.91 Å². The number of carbonyl (C=O) groups excluding carboxylic acids is 2. The summed E-state index contributed by atoms with van der Waals surface area (Å²) in [6.45, 7) is 2.02. The Labute approximate surface area is 114 Å². The highest BCUT2D eigenvalue weighted by molar-refractivity contribution is 7.97. The smallest absolute Gasteiger partial charge is 0.270 e. The lowest BCUT2D eigenvalue weighted by atomic mass is 10.3. The number of H-pyrrole nitrogens is 1. The first-order chi connectivity index (χ1) is 9.02. The summed E-state index contributed by atoms with van der Waals surface area (Å²) >= 11 is 1.50. The summed E-state index contributed by atoms with van der Waals surface area (Å²) in [6.07, 6.45) is 1.88. The molecule has 1 rings (SSSR count). The normalized spacial score (nSPS) is 10.0. The molecule has 2 amide bonds. The molecule has 0 unspecified atom stereocenters. The first-order valence-electron chi connectivity index (χ1n) is 5.64. The van der Waals surface area contributed by atoms with Crippen LogP contribution in [0.1, 0.15) is 23.2 Å². The lowest BCUT2D eigenvalue weighted by Crippen LogP contribution is -2.34. The lowest BCUT2D eigenvalue weighted by molar-refractivity contribution is -0.118. The van der Waals surface area contributed by atoms with E-state index in [1.165, 1.54) is 18.7 Å². The number of amides is 2. The zero-order chi connectivity index (χ0) is 14.3. The molecular weight excluding hydrogens is 268 g/mol. The van der Waals surface area contributed by atoms with Crippen molar-refractivity contribution in [2.75, 3.05) is 19.3 Å². The highest BCUT2D eigenvalue weighted by Gasteiger charge is 2.09. The molecule has 19 heavy (non-hydrogen) atoms. The second kappa shape index (κ2) is 7.57. The zero-order valence-electron chi connectivity index (χ0n) is 10.8. The minimum Gasteiger partial charge on any atom is -0.355 e. The molecule has 3 N–H and O–H groups in total. The molecule has 0 spiro atoms. The van der Waals surface area contributed by atoms with E-state index in [1.54, 1.807) is 0 Å². The number of nitrogens with one attached hydrogen (secondary N) is 3. The molecule has 0 atom stereocenters. The number of aromatic nitrogens is 2. The summed E-state index contributed by atoms with van der Waals surface area (Å²) < 4.78 is 0. The van der Waals surface area contributed by atoms with Crippen molar-refractivity contribution in [1.82, 2.24) is 20.6 Å². The van der Waals surface area contributed by atoms with Crippen LogP contribution in [0.5, 0.6) is 0 Å². The SMILES string of the molecule is CSCc1nc(C(=O)NCCNC(C)=O)cc(=O)[nH]1. The fraction of sp³-hybridized carbons (Fsp3) is 0.455. The molecular formula is C11H16N4O3S. The zero-order valence-corrected chi connectivity index (χ0v) is 11.6. The van der Waals surface area contributed by atoms with Crippen LogP contribution < -0.4 is 16.2 Å². The Morgan fingerprint density at radius 3 is 2.68 bits per heavy atom. The van der Waals surface area contributed by atoms with E-state index in [0.29, 0.717) is 18.1 Å². The van der Waals surface area contributed by atoms with E-state index in [9.17, 15) is 14.4 Å². The third-order valence-corrected chi connectivity index (χ3v) is 2.65. The molecule has 0 aliphatic heterocycles. The maximum atomic E-state index is 11.8. The van der Waals surface area contributed by atoms with Crippen LogP contribution in [0.15, 0.2) is 10.9 Å². The predicted molar refractivity (Wildman–Crippen MR) is 73.1 cm³/mol. The van der Waals surface area contributed by atoms with E-state index in [0.717, 1.165) is 6.07 Å². The first-order valence-corrected chi connectivity index (χ1v) is 7.04. The van der Waals surface area contributed by atoms with Crippen molar-refractivity contribution in [3.8, 4) is 0 Å². The van der Waals surface area contributed by atoms with Crippen LogP contribution in [-0.2, 0) is 10.5 Å². The minimum atomic E-state index is -0.432. The number of hydrogen-bond donors (Lipinski definition) is 3. The molecule has 1 aromatic rings. The number of rotatable bonds is 6. The van der Waals surface area contributed by atoms with Gasteiger partial charge in [0.1, 0.15) is 11.5 Å². The Balaban J connectivity index is 2.61. The van der Waals surface area contributed by atoms with Gasteiger partial charge in [0.25, 0.3) is 11.5 Å². The molecule has 0 bridgehead atoms. The second-order valence-corrected chi connectivity index (χ2v) is 4.62. The summed E-state index contributed by atoms with van der Waals surface area (Å²) in [5.41, 5.74) is -0.276. The largest absolute Gasteiger partial charge is 0.355 e. The number of thioether (sulfide) groups is 1. The molecule has 104 valence electrons. The van der Waals surface area contributed by atoms with Crippen LogP contribution in [0.3, 0.4) is 0 Å². The van der Waals surface area contributed by atoms with E-state index >= 15 is 0 Å². The maximum absolute atomic E-state index is 11.8. The van der Waals surface area contributed by atoms with Crippen LogP contribution in [0.25, 0.3) is 0 Å². The molecule has 0 aliphatic rings. The van der Waals surface area contributed by atoms with Crippen molar-refractivity contribution in [2.45, 2.75) is 12.7 Å². The molecule has 1 heterocycles. The van der Waals surface area contributed by atoms with Crippen molar-refractivity contribution in [1.29, 1.82) is 0 Å². The predicted octanol–water partition coefficient (Wildman–Crippen LogP) is -0.501. The fourth-order valence-electron chi connectivity index (χ4n) is 1.33. The molecule has 0 aliphatic carbocycles. The van der Waals surface area contributed by atoms with Crippen molar-refractivity contribution in [3.63, 3.8) is 0 Å². The van der Waals surface area contributed by atoms with Gasteiger partial charge in [-0.25, -0.2) is 4.98 Å². The number of carbonyl (C=O) groups is 2. The minimum absolute atomic E-state index is 0.0793. The van der Waals surface area contributed by atoms with Gasteiger partial charge in [0.05, 0.1) is 5.75 Å². The Kier molecular flexibility index (Phi) is 6.07. The Morgan fingerprint density at radius 2 is 2.05 bits per heavy atom. The summed E-state index contributed by atoms with van der Waals surface area (Å²) in [7, 11) is 0. The molecule has 0 saturated carbocycles. The molecule has 0 radical (unpaired) electrons. The Morgan fingerprint density at radius 1 is 1.37 bits per heavy atom. The average Bonchev–Trinajstić information content (AvgIpc) is 2.34. The highest BCUT2D eigenvalue weighted by Crippen LogP contribution is 2.02. The first kappa shape index (κ1) is 15.2. The Bertz CT molecular complexity index is 515. The van der Waals surface area contributed by atoms with Crippen LogP contribution in [0, 0.1) is 0 Å². The van der Waals surface area contributed by atoms with Crippen LogP contribution in [0.2, 0.25) is 0 Å². The van der Waals surface area contributed by atoms with E-state index in [2.05, 4.69) is 20.6 Å². The lowest BCUT2D eigenvalue weighted by Gasteiger charge is -2.06. The molecule has 0 fully saturated rings. The topological polar surface area (TPSA) is 104 Å². The summed E-state index contributed by atoms with van der Waals surface area (Å²) in [4.78, 5) is 40.4. The Hall–Kier alpha value is -1.83. The summed E-state index contributed by atoms with van der Waals surface area (Å²) in [5, 5.41) is 5.13. The molecule has 7 nitrogen and oxygen atoms in total. The van der Waals surface area contributed by atoms with Crippen LogP contribution in [-0.4, -0.2) is 41.1 Å². The molecule has 1 aromatic heterocycles. The van der Waals surface area contributed by atoms with Gasteiger partial charge in [0.2, 0.25) is 5.91 Å². The van der Waals surface area contributed by atoms with Gasteiger partial charge in [0, 0.05) is 26.1 Å². The van der Waals surface area contributed by atoms with Gasteiger partial charge in [-0.1, -0.05) is 0 Å². The van der Waals surface area contributed by atoms with Gasteiger partial charge in [-0.2, -0.15) is 11.8 Å². The number of nitrogens with zero attached hydrogens (tertiary/aromatic N) is 1. The van der Waals surface area contributed by atoms with Crippen molar-refractivity contribution < 1.29 is 9.59 Å². The molecule has 0 aromatic carbocycles. The summed E-state index contributed by atoms with van der Waals surface area (Å²) in [5.74, 6) is 0.402. The highest BCUT2D eigenvalue weighted by atomic mass is 32.2. The standard InChI is InChI=1S/C11H16N4O3S/c1-7(16)12-3-4-13-11(18)8-5-10(17)15-9(14-8)6-19-2/h5H,3-4,6H2,1-2H3,(H,12,16)(H,13,18)(H,14,15,17). The van der Waals surface area contributed by atoms with Gasteiger partial charge in [-0.3, -0.25) is 14.4 Å². The van der Waals surface area contributed by atoms with Gasteiger partial charge < -0.3 is 15.6 Å². The second-order valence-electron chi connectivity index (χ2n) is 3.75. The fourth-order valence-corrected chi connectivity index (χ4v) is 1.74. The van der Waals surface area contributed by atoms with Gasteiger partial charge in [0.15, 0.2) is 0 Å². The monoisotopic (exact) mass is 284 g/mol. The maximum Gasteiger partial charge on any atom is 0.270 e. The van der Waals surface area contributed by atoms with Crippen LogP contribution >= 0.6 is 11.8 Å². The van der Waals surface area contributed by atoms with Crippen LogP contribution in [0.4, 0.5) is 0 Å². The molecule has 8 heteroatoms. The quantitative estimate of drug-likeness (QED) is 0.611. The van der Waals surface area contributed by atoms with Crippen molar-refractivity contribution >= 4 is 23.6 Å². The van der Waals surface area contributed by atoms with E-state index in [-0.39, 0.29) is 23.7 Å². The van der Waals surface area contributed by atoms with Crippen molar-refractivity contribution in [2.24, 2.45) is 0 Å². The van der Waals surface area contributed by atoms with E-state index in [4.69, 9.17) is 0 Å². The average molecular weight is 284 g/mol. The van der Waals surface area contributed by atoms with Gasteiger partial charge >= 0.3 is 0 Å². The van der Waals surface area contributed by atoms with Gasteiger partial charge in [-0.15, -0.1) is 0 Å². The van der Waals surface area contributed by atoms with E-state index in [1.807, 2.05) is 6.26 Å². The summed E-state index contributed by atoms with van der Waals surface area (Å²) in [6, 6.07) is 1.15. The number of hydrogen-bond acceptors (Lipinski definition) is 5. The number of aromatic amines is 1.